The van der Waals surface area contributed by atoms with Crippen LogP contribution in [0.1, 0.15) is 45.0 Å². The summed E-state index contributed by atoms with van der Waals surface area (Å²) < 4.78 is 10.6. The molecule has 0 aliphatic carbocycles. The van der Waals surface area contributed by atoms with E-state index < -0.39 is 17.5 Å². The molecule has 1 rings (SSSR count). The van der Waals surface area contributed by atoms with Crippen molar-refractivity contribution in [1.29, 1.82) is 0 Å². The highest BCUT2D eigenvalue weighted by molar-refractivity contribution is 5.89. The van der Waals surface area contributed by atoms with E-state index in [0.29, 0.717) is 5.56 Å². The van der Waals surface area contributed by atoms with Crippen molar-refractivity contribution in [1.82, 2.24) is 0 Å². The quantitative estimate of drug-likeness (QED) is 0.776. The molecule has 4 heteroatoms. The van der Waals surface area contributed by atoms with Crippen molar-refractivity contribution in [3.8, 4) is 0 Å². The Bertz CT molecular complexity index is 463. The topological polar surface area (TPSA) is 52.6 Å². The maximum atomic E-state index is 12.0. The van der Waals surface area contributed by atoms with Crippen LogP contribution in [0.2, 0.25) is 0 Å². The third kappa shape index (κ3) is 4.08. The first kappa shape index (κ1) is 16.2. The van der Waals surface area contributed by atoms with Crippen LogP contribution >= 0.6 is 0 Å². The highest BCUT2D eigenvalue weighted by Crippen LogP contribution is 2.26. The van der Waals surface area contributed by atoms with Crippen LogP contribution in [0, 0.1) is 5.41 Å². The van der Waals surface area contributed by atoms with Crippen molar-refractivity contribution in [2.75, 3.05) is 0 Å². The fourth-order valence-corrected chi connectivity index (χ4v) is 1.48. The summed E-state index contributed by atoms with van der Waals surface area (Å²) in [6.45, 7) is 8.69. The lowest BCUT2D eigenvalue weighted by Gasteiger charge is -2.29. The Morgan fingerprint density at radius 1 is 1.00 bits per heavy atom. The summed E-state index contributed by atoms with van der Waals surface area (Å²) in [5, 5.41) is 0. The second-order valence-electron chi connectivity index (χ2n) is 5.59. The Hall–Kier alpha value is -1.84. The molecule has 0 fully saturated rings. The first-order valence-corrected chi connectivity index (χ1v) is 6.72. The summed E-state index contributed by atoms with van der Waals surface area (Å²) in [6, 6.07) is 8.70. The summed E-state index contributed by atoms with van der Waals surface area (Å²) >= 11 is 0. The summed E-state index contributed by atoms with van der Waals surface area (Å²) in [4.78, 5) is 24.0. The van der Waals surface area contributed by atoms with Gasteiger partial charge in [-0.05, 0) is 46.8 Å². The zero-order valence-corrected chi connectivity index (χ0v) is 12.7. The first-order chi connectivity index (χ1) is 9.25. The van der Waals surface area contributed by atoms with E-state index in [2.05, 4.69) is 0 Å². The van der Waals surface area contributed by atoms with Gasteiger partial charge < -0.3 is 9.47 Å². The van der Waals surface area contributed by atoms with Crippen molar-refractivity contribution in [3.05, 3.63) is 35.9 Å². The lowest BCUT2D eigenvalue weighted by atomic mass is 9.87. The Kier molecular flexibility index (Phi) is 5.31. The van der Waals surface area contributed by atoms with Gasteiger partial charge in [0, 0.05) is 0 Å². The summed E-state index contributed by atoms with van der Waals surface area (Å²) in [6.07, 6.45) is -0.778. The van der Waals surface area contributed by atoms with E-state index in [0.717, 1.165) is 0 Å². The van der Waals surface area contributed by atoms with Gasteiger partial charge in [-0.3, -0.25) is 4.79 Å². The lowest BCUT2D eigenvalue weighted by Crippen LogP contribution is -2.40. The molecule has 110 valence electrons. The second-order valence-corrected chi connectivity index (χ2v) is 5.59. The molecule has 20 heavy (non-hydrogen) atoms. The standard InChI is InChI=1S/C16H22O4/c1-11(2)19-15(18)16(4,5)12(3)20-14(17)13-9-7-6-8-10-13/h6-12H,1-5H3. The van der Waals surface area contributed by atoms with E-state index >= 15 is 0 Å². The highest BCUT2D eigenvalue weighted by Gasteiger charge is 2.38. The molecule has 0 amide bonds. The van der Waals surface area contributed by atoms with E-state index in [1.807, 2.05) is 6.07 Å². The van der Waals surface area contributed by atoms with E-state index in [4.69, 9.17) is 9.47 Å². The molecular weight excluding hydrogens is 256 g/mol. The van der Waals surface area contributed by atoms with Gasteiger partial charge in [0.05, 0.1) is 17.1 Å². The molecule has 0 aliphatic rings. The van der Waals surface area contributed by atoms with Crippen LogP contribution in [-0.4, -0.2) is 24.1 Å². The van der Waals surface area contributed by atoms with Crippen LogP contribution in [0.4, 0.5) is 0 Å². The minimum atomic E-state index is -0.894. The Morgan fingerprint density at radius 3 is 2.05 bits per heavy atom. The number of ether oxygens (including phenoxy) is 2. The number of esters is 2. The third-order valence-corrected chi connectivity index (χ3v) is 3.18. The van der Waals surface area contributed by atoms with Crippen molar-refractivity contribution in [2.24, 2.45) is 5.41 Å². The fraction of sp³-hybridized carbons (Fsp3) is 0.500. The van der Waals surface area contributed by atoms with Gasteiger partial charge in [-0.15, -0.1) is 0 Å². The molecule has 0 N–H and O–H groups in total. The average Bonchev–Trinajstić information content (AvgIpc) is 2.38. The van der Waals surface area contributed by atoms with Crippen LogP contribution in [0.25, 0.3) is 0 Å². The van der Waals surface area contributed by atoms with Gasteiger partial charge in [-0.25, -0.2) is 4.79 Å². The minimum Gasteiger partial charge on any atom is -0.462 e. The normalized spacial score (nSPS) is 12.9. The van der Waals surface area contributed by atoms with Gasteiger partial charge in [0.2, 0.25) is 0 Å². The number of carbonyl (C=O) groups is 2. The maximum absolute atomic E-state index is 12.0. The smallest absolute Gasteiger partial charge is 0.338 e. The fourth-order valence-electron chi connectivity index (χ4n) is 1.48. The van der Waals surface area contributed by atoms with Gasteiger partial charge in [0.1, 0.15) is 6.10 Å². The van der Waals surface area contributed by atoms with Crippen molar-refractivity contribution in [3.63, 3.8) is 0 Å². The molecule has 1 aromatic rings. The van der Waals surface area contributed by atoms with E-state index in [1.54, 1.807) is 58.9 Å². The number of hydrogen-bond acceptors (Lipinski definition) is 4. The van der Waals surface area contributed by atoms with Gasteiger partial charge in [0.15, 0.2) is 0 Å². The van der Waals surface area contributed by atoms with Crippen molar-refractivity contribution in [2.45, 2.75) is 46.8 Å². The predicted molar refractivity (Wildman–Crippen MR) is 76.3 cm³/mol. The molecule has 1 aromatic carbocycles. The van der Waals surface area contributed by atoms with E-state index in [1.165, 1.54) is 0 Å². The van der Waals surface area contributed by atoms with E-state index in [9.17, 15) is 9.59 Å². The molecule has 0 bridgehead atoms. The zero-order valence-electron chi connectivity index (χ0n) is 12.7. The minimum absolute atomic E-state index is 0.196. The van der Waals surface area contributed by atoms with Gasteiger partial charge >= 0.3 is 11.9 Å². The summed E-state index contributed by atoms with van der Waals surface area (Å²) in [5.41, 5.74) is -0.429. The number of benzene rings is 1. The molecular formula is C16H22O4. The van der Waals surface area contributed by atoms with Gasteiger partial charge in [0.25, 0.3) is 0 Å². The molecule has 4 nitrogen and oxygen atoms in total. The Balaban J connectivity index is 2.72. The monoisotopic (exact) mass is 278 g/mol. The second kappa shape index (κ2) is 6.55. The van der Waals surface area contributed by atoms with Crippen molar-refractivity contribution < 1.29 is 19.1 Å². The number of carbonyl (C=O) groups excluding carboxylic acids is 2. The van der Waals surface area contributed by atoms with Crippen LogP contribution in [0.5, 0.6) is 0 Å². The third-order valence-electron chi connectivity index (χ3n) is 3.18. The summed E-state index contributed by atoms with van der Waals surface area (Å²) in [7, 11) is 0. The zero-order chi connectivity index (χ0) is 15.3. The maximum Gasteiger partial charge on any atom is 0.338 e. The lowest BCUT2D eigenvalue weighted by molar-refractivity contribution is -0.163. The number of hydrogen-bond donors (Lipinski definition) is 0. The molecule has 0 radical (unpaired) electrons. The number of rotatable bonds is 5. The van der Waals surface area contributed by atoms with Crippen LogP contribution in [0.3, 0.4) is 0 Å². The predicted octanol–water partition coefficient (Wildman–Crippen LogP) is 3.21. The van der Waals surface area contributed by atoms with Crippen LogP contribution < -0.4 is 0 Å². The van der Waals surface area contributed by atoms with Gasteiger partial charge in [-0.1, -0.05) is 18.2 Å². The molecule has 0 heterocycles. The molecule has 1 atom stereocenters. The molecule has 0 saturated heterocycles. The highest BCUT2D eigenvalue weighted by atomic mass is 16.6. The average molecular weight is 278 g/mol. The summed E-state index contributed by atoms with van der Waals surface area (Å²) in [5.74, 6) is -0.815. The largest absolute Gasteiger partial charge is 0.462 e. The first-order valence-electron chi connectivity index (χ1n) is 6.72. The molecule has 1 unspecified atom stereocenters. The molecule has 0 spiro atoms. The molecule has 0 aliphatic heterocycles. The van der Waals surface area contributed by atoms with Crippen molar-refractivity contribution >= 4 is 11.9 Å². The molecule has 0 saturated carbocycles. The Labute approximate surface area is 120 Å². The van der Waals surface area contributed by atoms with Crippen LogP contribution in [-0.2, 0) is 14.3 Å². The Morgan fingerprint density at radius 2 is 1.55 bits per heavy atom. The van der Waals surface area contributed by atoms with Gasteiger partial charge in [-0.2, -0.15) is 0 Å². The van der Waals surface area contributed by atoms with Crippen LogP contribution in [0.15, 0.2) is 30.3 Å². The molecule has 0 aromatic heterocycles. The SMILES string of the molecule is CC(C)OC(=O)C(C)(C)C(C)OC(=O)c1ccccc1. The van der Waals surface area contributed by atoms with E-state index in [-0.39, 0.29) is 12.1 Å².